The molecule has 1 aromatic heterocycles. The first-order chi connectivity index (χ1) is 9.24. The highest BCUT2D eigenvalue weighted by molar-refractivity contribution is 5.94. The SMILES string of the molecule is CC(N=C(NC#N)Nc1ccc(=N)n(O)c1)C(C)(C)C. The van der Waals surface area contributed by atoms with Crippen LogP contribution in [0.25, 0.3) is 0 Å². The summed E-state index contributed by atoms with van der Waals surface area (Å²) >= 11 is 0. The van der Waals surface area contributed by atoms with Gasteiger partial charge in [-0.1, -0.05) is 20.8 Å². The maximum Gasteiger partial charge on any atom is 0.209 e. The number of pyridine rings is 1. The standard InChI is InChI=1S/C13H20N6O/c1-9(13(2,3)4)17-12(16-8-14)18-10-5-6-11(15)19(20)7-10/h5-7,9,15,20H,1-4H3,(H2,16,17,18). The minimum absolute atomic E-state index is 0.0115. The second kappa shape index (κ2) is 6.10. The predicted octanol–water partition coefficient (Wildman–Crippen LogP) is 1.48. The van der Waals surface area contributed by atoms with Crippen molar-refractivity contribution in [3.8, 4) is 6.19 Å². The summed E-state index contributed by atoms with van der Waals surface area (Å²) in [4.78, 5) is 4.42. The molecule has 4 N–H and O–H groups in total. The zero-order valence-corrected chi connectivity index (χ0v) is 12.1. The van der Waals surface area contributed by atoms with Crippen LogP contribution in [0.2, 0.25) is 0 Å². The summed E-state index contributed by atoms with van der Waals surface area (Å²) in [5, 5.41) is 30.9. The molecule has 0 aliphatic carbocycles. The second-order valence-electron chi connectivity index (χ2n) is 5.53. The zero-order valence-electron chi connectivity index (χ0n) is 12.1. The fourth-order valence-electron chi connectivity index (χ4n) is 1.24. The summed E-state index contributed by atoms with van der Waals surface area (Å²) in [5.74, 6) is 0.299. The van der Waals surface area contributed by atoms with E-state index in [0.29, 0.717) is 16.4 Å². The summed E-state index contributed by atoms with van der Waals surface area (Å²) in [6.07, 6.45) is 3.15. The van der Waals surface area contributed by atoms with Crippen molar-refractivity contribution in [1.29, 1.82) is 10.7 Å². The fraction of sp³-hybridized carbons (Fsp3) is 0.462. The van der Waals surface area contributed by atoms with E-state index in [0.717, 1.165) is 0 Å². The number of guanidine groups is 1. The number of hydrogen-bond acceptors (Lipinski definition) is 4. The van der Waals surface area contributed by atoms with Gasteiger partial charge < -0.3 is 10.5 Å². The van der Waals surface area contributed by atoms with E-state index in [2.05, 4.69) is 36.4 Å². The molecule has 7 nitrogen and oxygen atoms in total. The van der Waals surface area contributed by atoms with Gasteiger partial charge in [-0.25, -0.2) is 4.99 Å². The Morgan fingerprint density at radius 1 is 1.50 bits per heavy atom. The largest absolute Gasteiger partial charge is 0.427 e. The van der Waals surface area contributed by atoms with Crippen molar-refractivity contribution in [2.24, 2.45) is 10.4 Å². The Morgan fingerprint density at radius 3 is 2.65 bits per heavy atom. The van der Waals surface area contributed by atoms with Crippen molar-refractivity contribution in [1.82, 2.24) is 10.0 Å². The van der Waals surface area contributed by atoms with Gasteiger partial charge in [0.15, 0.2) is 11.7 Å². The van der Waals surface area contributed by atoms with Gasteiger partial charge in [-0.05, 0) is 24.5 Å². The van der Waals surface area contributed by atoms with Crippen LogP contribution in [-0.4, -0.2) is 21.9 Å². The summed E-state index contributed by atoms with van der Waals surface area (Å²) in [6.45, 7) is 8.13. The van der Waals surface area contributed by atoms with Gasteiger partial charge in [0.05, 0.1) is 17.9 Å². The average molecular weight is 276 g/mol. The van der Waals surface area contributed by atoms with Crippen molar-refractivity contribution in [2.75, 3.05) is 5.32 Å². The molecule has 0 radical (unpaired) electrons. The topological polar surface area (TPSA) is 109 Å². The number of nitrogens with one attached hydrogen (secondary N) is 3. The van der Waals surface area contributed by atoms with Crippen molar-refractivity contribution in [3.05, 3.63) is 23.8 Å². The molecule has 0 aliphatic rings. The molecule has 0 bridgehead atoms. The highest BCUT2D eigenvalue weighted by Gasteiger charge is 2.20. The van der Waals surface area contributed by atoms with Crippen LogP contribution in [-0.2, 0) is 0 Å². The van der Waals surface area contributed by atoms with Gasteiger partial charge in [0.1, 0.15) is 0 Å². The Kier molecular flexibility index (Phi) is 4.75. The van der Waals surface area contributed by atoms with E-state index in [1.807, 2.05) is 13.1 Å². The lowest BCUT2D eigenvalue weighted by molar-refractivity contribution is 0.171. The first kappa shape index (κ1) is 15.6. The molecule has 1 heterocycles. The van der Waals surface area contributed by atoms with Gasteiger partial charge in [0, 0.05) is 0 Å². The highest BCUT2D eigenvalue weighted by Crippen LogP contribution is 2.21. The van der Waals surface area contributed by atoms with E-state index in [1.54, 1.807) is 6.07 Å². The summed E-state index contributed by atoms with van der Waals surface area (Å²) in [7, 11) is 0. The van der Waals surface area contributed by atoms with E-state index in [9.17, 15) is 5.21 Å². The molecule has 0 aromatic carbocycles. The quantitative estimate of drug-likeness (QED) is 0.216. The second-order valence-corrected chi connectivity index (χ2v) is 5.53. The van der Waals surface area contributed by atoms with E-state index < -0.39 is 0 Å². The number of nitrogens with zero attached hydrogens (tertiary/aromatic N) is 3. The van der Waals surface area contributed by atoms with Gasteiger partial charge in [0.2, 0.25) is 5.96 Å². The first-order valence-corrected chi connectivity index (χ1v) is 6.20. The third-order valence-electron chi connectivity index (χ3n) is 2.94. The maximum absolute atomic E-state index is 9.42. The minimum atomic E-state index is -0.0367. The van der Waals surface area contributed by atoms with Gasteiger partial charge in [-0.15, -0.1) is 0 Å². The molecule has 0 amide bonds. The molecular weight excluding hydrogens is 256 g/mol. The molecular formula is C13H20N6O. The molecule has 1 atom stereocenters. The highest BCUT2D eigenvalue weighted by atomic mass is 16.5. The number of rotatable bonds is 2. The van der Waals surface area contributed by atoms with Crippen molar-refractivity contribution in [3.63, 3.8) is 0 Å². The van der Waals surface area contributed by atoms with E-state index in [1.165, 1.54) is 12.3 Å². The number of aliphatic imine (C=N–C) groups is 1. The van der Waals surface area contributed by atoms with E-state index in [-0.39, 0.29) is 16.9 Å². The Morgan fingerprint density at radius 2 is 2.15 bits per heavy atom. The summed E-state index contributed by atoms with van der Waals surface area (Å²) in [6, 6.07) is 3.03. The summed E-state index contributed by atoms with van der Waals surface area (Å²) < 4.78 is 0.680. The Hall–Kier alpha value is -2.49. The Labute approximate surface area is 118 Å². The number of hydrogen-bond donors (Lipinski definition) is 4. The van der Waals surface area contributed by atoms with Crippen LogP contribution >= 0.6 is 0 Å². The molecule has 7 heteroatoms. The van der Waals surface area contributed by atoms with Gasteiger partial charge in [0.25, 0.3) is 0 Å². The van der Waals surface area contributed by atoms with Crippen LogP contribution in [0.1, 0.15) is 27.7 Å². The molecule has 0 spiro atoms. The summed E-state index contributed by atoms with van der Waals surface area (Å²) in [5.41, 5.74) is 0.447. The average Bonchev–Trinajstić information content (AvgIpc) is 2.33. The van der Waals surface area contributed by atoms with Crippen molar-refractivity contribution in [2.45, 2.75) is 33.7 Å². The first-order valence-electron chi connectivity index (χ1n) is 6.20. The third-order valence-corrected chi connectivity index (χ3v) is 2.94. The molecule has 0 fully saturated rings. The molecule has 0 aliphatic heterocycles. The number of aromatic nitrogens is 1. The van der Waals surface area contributed by atoms with Crippen LogP contribution in [0.4, 0.5) is 5.69 Å². The molecule has 1 unspecified atom stereocenters. The lowest BCUT2D eigenvalue weighted by atomic mass is 9.88. The molecule has 20 heavy (non-hydrogen) atoms. The molecule has 1 rings (SSSR count). The van der Waals surface area contributed by atoms with E-state index >= 15 is 0 Å². The normalized spacial score (nSPS) is 13.4. The van der Waals surface area contributed by atoms with Crippen LogP contribution < -0.4 is 16.1 Å². The van der Waals surface area contributed by atoms with E-state index in [4.69, 9.17) is 10.7 Å². The van der Waals surface area contributed by atoms with Crippen LogP contribution in [0.3, 0.4) is 0 Å². The fourth-order valence-corrected chi connectivity index (χ4v) is 1.24. The Balaban J connectivity index is 2.98. The zero-order chi connectivity index (χ0) is 15.3. The van der Waals surface area contributed by atoms with Gasteiger partial charge in [-0.3, -0.25) is 10.7 Å². The number of nitriles is 1. The van der Waals surface area contributed by atoms with Crippen molar-refractivity contribution >= 4 is 11.6 Å². The van der Waals surface area contributed by atoms with Crippen LogP contribution in [0.5, 0.6) is 0 Å². The van der Waals surface area contributed by atoms with Crippen LogP contribution in [0, 0.1) is 22.3 Å². The lowest BCUT2D eigenvalue weighted by Crippen LogP contribution is -2.32. The Bertz CT molecular complexity index is 590. The predicted molar refractivity (Wildman–Crippen MR) is 76.2 cm³/mol. The number of anilines is 1. The molecule has 0 saturated heterocycles. The smallest absolute Gasteiger partial charge is 0.209 e. The molecule has 1 aromatic rings. The lowest BCUT2D eigenvalue weighted by Gasteiger charge is -2.24. The van der Waals surface area contributed by atoms with Gasteiger partial charge >= 0.3 is 0 Å². The third kappa shape index (κ3) is 4.31. The van der Waals surface area contributed by atoms with Crippen molar-refractivity contribution < 1.29 is 5.21 Å². The van der Waals surface area contributed by atoms with Crippen LogP contribution in [0.15, 0.2) is 23.3 Å². The maximum atomic E-state index is 9.42. The monoisotopic (exact) mass is 276 g/mol. The minimum Gasteiger partial charge on any atom is -0.427 e. The molecule has 0 saturated carbocycles. The molecule has 108 valence electrons. The van der Waals surface area contributed by atoms with Gasteiger partial charge in [-0.2, -0.15) is 9.99 Å².